The van der Waals surface area contributed by atoms with Crippen molar-refractivity contribution in [2.45, 2.75) is 16.2 Å². The number of rotatable bonds is 2. The minimum absolute atomic E-state index is 0.911. The molecule has 0 aromatic heterocycles. The third kappa shape index (κ3) is 2.80. The lowest BCUT2D eigenvalue weighted by molar-refractivity contribution is 1.12. The number of hydrogen-bond donors (Lipinski definition) is 2. The second kappa shape index (κ2) is 4.77. The van der Waals surface area contributed by atoms with Gasteiger partial charge in [0, 0.05) is 9.79 Å². The van der Waals surface area contributed by atoms with Gasteiger partial charge in [-0.2, -0.15) is 0 Å². The van der Waals surface area contributed by atoms with Crippen LogP contribution in [0.2, 0.25) is 0 Å². The number of hydrogen-bond acceptors (Lipinski definition) is 2. The molecule has 2 aromatic rings. The van der Waals surface area contributed by atoms with Gasteiger partial charge in [0.1, 0.15) is 0 Å². The van der Waals surface area contributed by atoms with Crippen LogP contribution >= 0.6 is 25.3 Å². The molecule has 0 unspecified atom stereocenters. The summed E-state index contributed by atoms with van der Waals surface area (Å²) in [5.74, 6) is 0. The topological polar surface area (TPSA) is 0 Å². The molecule has 15 heavy (non-hydrogen) atoms. The van der Waals surface area contributed by atoms with Crippen LogP contribution in [0.1, 0.15) is 11.1 Å². The Morgan fingerprint density at radius 2 is 1.67 bits per heavy atom. The Labute approximate surface area is 101 Å². The molecule has 0 fully saturated rings. The van der Waals surface area contributed by atoms with Gasteiger partial charge in [0.2, 0.25) is 0 Å². The van der Waals surface area contributed by atoms with Crippen molar-refractivity contribution in [2.75, 3.05) is 0 Å². The van der Waals surface area contributed by atoms with E-state index in [0.717, 1.165) is 16.2 Å². The monoisotopic (exact) mass is 232 g/mol. The van der Waals surface area contributed by atoms with Gasteiger partial charge in [-0.3, -0.25) is 0 Å². The van der Waals surface area contributed by atoms with Gasteiger partial charge in [-0.05, 0) is 35.7 Å². The molecule has 0 spiro atoms. The summed E-state index contributed by atoms with van der Waals surface area (Å²) < 4.78 is 0. The highest BCUT2D eigenvalue weighted by molar-refractivity contribution is 7.80. The van der Waals surface area contributed by atoms with E-state index in [1.54, 1.807) is 0 Å². The Bertz CT molecular complexity index is 464. The fourth-order valence-corrected chi connectivity index (χ4v) is 2.04. The molecule has 0 bridgehead atoms. The quantitative estimate of drug-likeness (QED) is 0.722. The summed E-state index contributed by atoms with van der Waals surface area (Å²) in [6, 6.07) is 16.4. The summed E-state index contributed by atoms with van der Waals surface area (Å²) in [6.45, 7) is 0. The largest absolute Gasteiger partial charge is 0.143 e. The summed E-state index contributed by atoms with van der Waals surface area (Å²) >= 11 is 8.76. The summed E-state index contributed by atoms with van der Waals surface area (Å²) in [5.41, 5.74) is 2.52. The van der Waals surface area contributed by atoms with Crippen LogP contribution < -0.4 is 0 Å². The Morgan fingerprint density at radius 1 is 0.867 bits per heavy atom. The van der Waals surface area contributed by atoms with E-state index >= 15 is 0 Å². The van der Waals surface area contributed by atoms with Crippen LogP contribution in [-0.4, -0.2) is 0 Å². The molecule has 2 heteroatoms. The van der Waals surface area contributed by atoms with E-state index in [-0.39, 0.29) is 0 Å². The van der Waals surface area contributed by atoms with E-state index in [0.29, 0.717) is 0 Å². The third-order valence-electron chi connectivity index (χ3n) is 2.30. The lowest BCUT2D eigenvalue weighted by Gasteiger charge is -2.05. The zero-order valence-corrected chi connectivity index (χ0v) is 10.0. The van der Waals surface area contributed by atoms with Crippen LogP contribution in [0.4, 0.5) is 0 Å². The molecule has 0 aliphatic rings. The molecule has 0 N–H and O–H groups in total. The average Bonchev–Trinajstić information content (AvgIpc) is 2.22. The Morgan fingerprint density at radius 3 is 2.40 bits per heavy atom. The highest BCUT2D eigenvalue weighted by Gasteiger charge is 1.99. The number of benzene rings is 2. The summed E-state index contributed by atoms with van der Waals surface area (Å²) in [6.07, 6.45) is 0.911. The molecule has 2 aromatic carbocycles. The SMILES string of the molecule is Sc1cccc(Cc2ccccc2S)c1. The Balaban J connectivity index is 2.26. The van der Waals surface area contributed by atoms with E-state index in [4.69, 9.17) is 0 Å². The fraction of sp³-hybridized carbons (Fsp3) is 0.0769. The van der Waals surface area contributed by atoms with Crippen molar-refractivity contribution in [2.24, 2.45) is 0 Å². The predicted octanol–water partition coefficient (Wildman–Crippen LogP) is 3.85. The van der Waals surface area contributed by atoms with Gasteiger partial charge in [-0.25, -0.2) is 0 Å². The molecule has 0 amide bonds. The van der Waals surface area contributed by atoms with E-state index in [1.165, 1.54) is 11.1 Å². The van der Waals surface area contributed by atoms with Crippen molar-refractivity contribution >= 4 is 25.3 Å². The Hall–Kier alpha value is -0.860. The van der Waals surface area contributed by atoms with Crippen LogP contribution in [0.5, 0.6) is 0 Å². The van der Waals surface area contributed by atoms with Gasteiger partial charge in [-0.1, -0.05) is 30.3 Å². The zero-order chi connectivity index (χ0) is 10.7. The van der Waals surface area contributed by atoms with Crippen LogP contribution in [0.3, 0.4) is 0 Å². The molecule has 0 aliphatic carbocycles. The molecule has 0 saturated heterocycles. The maximum absolute atomic E-state index is 4.43. The van der Waals surface area contributed by atoms with E-state index in [2.05, 4.69) is 43.5 Å². The third-order valence-corrected chi connectivity index (χ3v) is 3.01. The molecule has 0 radical (unpaired) electrons. The van der Waals surface area contributed by atoms with Crippen LogP contribution in [-0.2, 0) is 6.42 Å². The fourth-order valence-electron chi connectivity index (χ4n) is 1.55. The summed E-state index contributed by atoms with van der Waals surface area (Å²) in [4.78, 5) is 2.05. The van der Waals surface area contributed by atoms with Gasteiger partial charge in [0.15, 0.2) is 0 Å². The van der Waals surface area contributed by atoms with E-state index < -0.39 is 0 Å². The first kappa shape index (κ1) is 10.7. The lowest BCUT2D eigenvalue weighted by Crippen LogP contribution is -1.89. The first-order chi connectivity index (χ1) is 7.25. The zero-order valence-electron chi connectivity index (χ0n) is 8.22. The maximum Gasteiger partial charge on any atom is 0.00754 e. The second-order valence-electron chi connectivity index (χ2n) is 3.48. The first-order valence-corrected chi connectivity index (χ1v) is 5.70. The van der Waals surface area contributed by atoms with Crippen LogP contribution in [0.15, 0.2) is 58.3 Å². The first-order valence-electron chi connectivity index (χ1n) is 4.80. The number of thiol groups is 2. The van der Waals surface area contributed by atoms with Crippen molar-refractivity contribution < 1.29 is 0 Å². The standard InChI is InChI=1S/C13H12S2/c14-12-6-3-4-10(9-12)8-11-5-1-2-7-13(11)15/h1-7,9,14-15H,8H2. The molecule has 0 saturated carbocycles. The average molecular weight is 232 g/mol. The summed E-state index contributed by atoms with van der Waals surface area (Å²) in [7, 11) is 0. The van der Waals surface area contributed by atoms with Gasteiger partial charge in [0.05, 0.1) is 0 Å². The van der Waals surface area contributed by atoms with E-state index in [9.17, 15) is 0 Å². The van der Waals surface area contributed by atoms with Crippen molar-refractivity contribution in [3.8, 4) is 0 Å². The Kier molecular flexibility index (Phi) is 3.39. The molecule has 0 aliphatic heterocycles. The van der Waals surface area contributed by atoms with Gasteiger partial charge >= 0.3 is 0 Å². The summed E-state index contributed by atoms with van der Waals surface area (Å²) in [5, 5.41) is 0. The molecule has 76 valence electrons. The van der Waals surface area contributed by atoms with Crippen molar-refractivity contribution in [1.82, 2.24) is 0 Å². The normalized spacial score (nSPS) is 10.3. The minimum atomic E-state index is 0.911. The van der Waals surface area contributed by atoms with Crippen molar-refractivity contribution in [3.63, 3.8) is 0 Å². The van der Waals surface area contributed by atoms with Gasteiger partial charge < -0.3 is 0 Å². The highest BCUT2D eigenvalue weighted by atomic mass is 32.1. The maximum atomic E-state index is 4.43. The predicted molar refractivity (Wildman–Crippen MR) is 70.2 cm³/mol. The van der Waals surface area contributed by atoms with Crippen LogP contribution in [0, 0.1) is 0 Å². The second-order valence-corrected chi connectivity index (χ2v) is 4.47. The molecular weight excluding hydrogens is 220 g/mol. The van der Waals surface area contributed by atoms with Gasteiger partial charge in [-0.15, -0.1) is 25.3 Å². The van der Waals surface area contributed by atoms with Crippen LogP contribution in [0.25, 0.3) is 0 Å². The smallest absolute Gasteiger partial charge is 0.00754 e. The van der Waals surface area contributed by atoms with Crippen molar-refractivity contribution in [1.29, 1.82) is 0 Å². The molecular formula is C13H12S2. The molecule has 2 rings (SSSR count). The highest BCUT2D eigenvalue weighted by Crippen LogP contribution is 2.18. The van der Waals surface area contributed by atoms with Gasteiger partial charge in [0.25, 0.3) is 0 Å². The molecule has 0 nitrogen and oxygen atoms in total. The molecule has 0 atom stereocenters. The van der Waals surface area contributed by atoms with E-state index in [1.807, 2.05) is 30.3 Å². The molecule has 0 heterocycles. The lowest BCUT2D eigenvalue weighted by atomic mass is 10.1. The van der Waals surface area contributed by atoms with Crippen molar-refractivity contribution in [3.05, 3.63) is 59.7 Å². The minimum Gasteiger partial charge on any atom is -0.143 e.